The SMILES string of the molecule is Cc1nc2n(c(=O)c1CCN1CCC(c3noc4cc(F)ccc34)CC1)CCCC2c1cc(F)ccc1C(=O)O. The Morgan fingerprint density at radius 1 is 1.07 bits per heavy atom. The molecule has 8 nitrogen and oxygen atoms in total. The minimum atomic E-state index is -1.13. The summed E-state index contributed by atoms with van der Waals surface area (Å²) >= 11 is 0. The minimum Gasteiger partial charge on any atom is -0.478 e. The van der Waals surface area contributed by atoms with Crippen LogP contribution in [-0.2, 0) is 13.0 Å². The molecule has 4 heterocycles. The van der Waals surface area contributed by atoms with Gasteiger partial charge in [-0.25, -0.2) is 18.6 Å². The molecule has 0 radical (unpaired) electrons. The second-order valence-corrected chi connectivity index (χ2v) is 10.8. The van der Waals surface area contributed by atoms with Crippen LogP contribution < -0.4 is 5.56 Å². The van der Waals surface area contributed by atoms with E-state index in [2.05, 4.69) is 10.1 Å². The van der Waals surface area contributed by atoms with Crippen LogP contribution in [0.1, 0.15) is 76.2 Å². The predicted octanol–water partition coefficient (Wildman–Crippen LogP) is 5.02. The number of benzene rings is 2. The molecule has 0 saturated carbocycles. The van der Waals surface area contributed by atoms with E-state index in [9.17, 15) is 23.5 Å². The summed E-state index contributed by atoms with van der Waals surface area (Å²) in [7, 11) is 0. The Hall–Kier alpha value is -3.92. The number of fused-ring (bicyclic) bond motifs is 2. The smallest absolute Gasteiger partial charge is 0.335 e. The van der Waals surface area contributed by atoms with Gasteiger partial charge < -0.3 is 14.5 Å². The molecule has 40 heavy (non-hydrogen) atoms. The van der Waals surface area contributed by atoms with Crippen LogP contribution in [0.25, 0.3) is 11.0 Å². The molecule has 10 heteroatoms. The van der Waals surface area contributed by atoms with Gasteiger partial charge in [0.2, 0.25) is 0 Å². The number of rotatable bonds is 6. The quantitative estimate of drug-likeness (QED) is 0.361. The van der Waals surface area contributed by atoms with Crippen molar-refractivity contribution in [2.45, 2.75) is 57.4 Å². The highest BCUT2D eigenvalue weighted by molar-refractivity contribution is 5.89. The fraction of sp³-hybridized carbons (Fsp3) is 0.400. The molecule has 208 valence electrons. The lowest BCUT2D eigenvalue weighted by Gasteiger charge is -2.31. The Kier molecular flexibility index (Phi) is 6.95. The minimum absolute atomic E-state index is 0.0324. The maximum atomic E-state index is 14.1. The van der Waals surface area contributed by atoms with Crippen LogP contribution in [0.3, 0.4) is 0 Å². The molecule has 1 atom stereocenters. The van der Waals surface area contributed by atoms with Crippen molar-refractivity contribution >= 4 is 16.9 Å². The van der Waals surface area contributed by atoms with Crippen molar-refractivity contribution in [2.75, 3.05) is 19.6 Å². The molecule has 2 aromatic carbocycles. The van der Waals surface area contributed by atoms with E-state index in [0.29, 0.717) is 60.6 Å². The maximum absolute atomic E-state index is 14.1. The third-order valence-electron chi connectivity index (χ3n) is 8.42. The van der Waals surface area contributed by atoms with Crippen LogP contribution in [0.4, 0.5) is 8.78 Å². The number of halogens is 2. The number of hydrogen-bond acceptors (Lipinski definition) is 6. The number of aromatic carboxylic acids is 1. The number of carbonyl (C=O) groups is 1. The highest BCUT2D eigenvalue weighted by Crippen LogP contribution is 2.35. The topological polar surface area (TPSA) is 101 Å². The number of aryl methyl sites for hydroxylation is 1. The zero-order chi connectivity index (χ0) is 28.0. The second-order valence-electron chi connectivity index (χ2n) is 10.8. The van der Waals surface area contributed by atoms with E-state index >= 15 is 0 Å². The van der Waals surface area contributed by atoms with E-state index in [1.165, 1.54) is 24.3 Å². The average molecular weight is 549 g/mol. The summed E-state index contributed by atoms with van der Waals surface area (Å²) in [6.45, 7) is 4.73. The van der Waals surface area contributed by atoms with Crippen LogP contribution >= 0.6 is 0 Å². The average Bonchev–Trinajstić information content (AvgIpc) is 3.36. The van der Waals surface area contributed by atoms with Gasteiger partial charge in [-0.15, -0.1) is 0 Å². The van der Waals surface area contributed by atoms with Crippen LogP contribution in [0.15, 0.2) is 45.7 Å². The van der Waals surface area contributed by atoms with Gasteiger partial charge >= 0.3 is 5.97 Å². The van der Waals surface area contributed by atoms with Crippen LogP contribution in [0.5, 0.6) is 0 Å². The molecule has 2 aliphatic rings. The van der Waals surface area contributed by atoms with E-state index in [1.807, 2.05) is 6.92 Å². The summed E-state index contributed by atoms with van der Waals surface area (Å²) in [5.74, 6) is -1.71. The lowest BCUT2D eigenvalue weighted by molar-refractivity contribution is 0.0695. The molecule has 0 spiro atoms. The number of nitrogens with zero attached hydrogens (tertiary/aromatic N) is 4. The van der Waals surface area contributed by atoms with Crippen molar-refractivity contribution in [3.8, 4) is 0 Å². The van der Waals surface area contributed by atoms with Gasteiger partial charge in [-0.3, -0.25) is 9.36 Å². The van der Waals surface area contributed by atoms with Gasteiger partial charge in [0.05, 0.1) is 11.3 Å². The Balaban J connectivity index is 1.17. The summed E-state index contributed by atoms with van der Waals surface area (Å²) in [4.78, 5) is 32.5. The summed E-state index contributed by atoms with van der Waals surface area (Å²) in [5.41, 5.74) is 2.92. The first-order valence-electron chi connectivity index (χ1n) is 13.7. The van der Waals surface area contributed by atoms with Gasteiger partial charge in [0.1, 0.15) is 17.5 Å². The lowest BCUT2D eigenvalue weighted by Crippen LogP contribution is -2.38. The van der Waals surface area contributed by atoms with E-state index in [0.717, 1.165) is 43.1 Å². The van der Waals surface area contributed by atoms with Crippen LogP contribution in [-0.4, -0.2) is 50.3 Å². The lowest BCUT2D eigenvalue weighted by atomic mass is 9.87. The van der Waals surface area contributed by atoms with E-state index in [-0.39, 0.29) is 22.9 Å². The third kappa shape index (κ3) is 4.81. The molecule has 2 aromatic heterocycles. The van der Waals surface area contributed by atoms with Crippen molar-refractivity contribution in [2.24, 2.45) is 0 Å². The van der Waals surface area contributed by atoms with Gasteiger partial charge in [-0.1, -0.05) is 5.16 Å². The predicted molar refractivity (Wildman–Crippen MR) is 144 cm³/mol. The van der Waals surface area contributed by atoms with Gasteiger partial charge in [0.15, 0.2) is 5.58 Å². The van der Waals surface area contributed by atoms with Gasteiger partial charge in [-0.05, 0) is 88.0 Å². The molecule has 6 rings (SSSR count). The molecule has 0 amide bonds. The number of piperidine rings is 1. The first-order chi connectivity index (χ1) is 19.3. The van der Waals surface area contributed by atoms with Crippen molar-refractivity contribution in [3.05, 3.63) is 92.3 Å². The fourth-order valence-electron chi connectivity index (χ4n) is 6.31. The molecule has 4 aromatic rings. The Morgan fingerprint density at radius 2 is 1.82 bits per heavy atom. The van der Waals surface area contributed by atoms with E-state index in [1.54, 1.807) is 10.6 Å². The maximum Gasteiger partial charge on any atom is 0.335 e. The zero-order valence-electron chi connectivity index (χ0n) is 22.2. The second kappa shape index (κ2) is 10.6. The summed E-state index contributed by atoms with van der Waals surface area (Å²) in [5, 5.41) is 14.8. The van der Waals surface area contributed by atoms with Gasteiger partial charge in [0.25, 0.3) is 5.56 Å². The molecule has 2 aliphatic heterocycles. The first kappa shape index (κ1) is 26.3. The molecule has 0 aliphatic carbocycles. The molecular formula is C30H30F2N4O4. The zero-order valence-corrected chi connectivity index (χ0v) is 22.2. The third-order valence-corrected chi connectivity index (χ3v) is 8.42. The van der Waals surface area contributed by atoms with E-state index < -0.39 is 17.7 Å². The fourth-order valence-corrected chi connectivity index (χ4v) is 6.31. The molecule has 1 fully saturated rings. The Bertz CT molecular complexity index is 1660. The highest BCUT2D eigenvalue weighted by Gasteiger charge is 2.30. The number of carboxylic acids is 1. The summed E-state index contributed by atoms with van der Waals surface area (Å²) < 4.78 is 34.6. The van der Waals surface area contributed by atoms with Crippen molar-refractivity contribution in [1.82, 2.24) is 19.6 Å². The summed E-state index contributed by atoms with van der Waals surface area (Å²) in [6, 6.07) is 8.19. The number of aromatic nitrogens is 3. The molecule has 1 saturated heterocycles. The summed E-state index contributed by atoms with van der Waals surface area (Å²) in [6.07, 6.45) is 3.61. The van der Waals surface area contributed by atoms with E-state index in [4.69, 9.17) is 9.51 Å². The van der Waals surface area contributed by atoms with Gasteiger partial charge in [-0.2, -0.15) is 0 Å². The van der Waals surface area contributed by atoms with Crippen LogP contribution in [0, 0.1) is 18.6 Å². The molecule has 0 bridgehead atoms. The Morgan fingerprint density at radius 3 is 2.60 bits per heavy atom. The first-order valence-corrected chi connectivity index (χ1v) is 13.7. The largest absolute Gasteiger partial charge is 0.478 e. The normalized spacial score (nSPS) is 18.2. The number of likely N-dealkylation sites (tertiary alicyclic amines) is 1. The van der Waals surface area contributed by atoms with Crippen molar-refractivity contribution < 1.29 is 23.2 Å². The van der Waals surface area contributed by atoms with Crippen molar-refractivity contribution in [1.29, 1.82) is 0 Å². The molecular weight excluding hydrogens is 518 g/mol. The van der Waals surface area contributed by atoms with Gasteiger partial charge in [0, 0.05) is 47.6 Å². The number of hydrogen-bond donors (Lipinski definition) is 1. The standard InChI is InChI=1S/C30H30F2N4O4/c1-17-21(10-14-35-12-8-18(9-13-35)27-24-7-5-20(32)16-26(24)40-34-27)29(37)36-11-2-3-22(28(36)33-17)25-15-19(31)4-6-23(25)30(38)39/h4-7,15-16,18,22H,2-3,8-14H2,1H3,(H,38,39). The molecule has 1 N–H and O–H groups in total. The van der Waals surface area contributed by atoms with Crippen LogP contribution in [0.2, 0.25) is 0 Å². The highest BCUT2D eigenvalue weighted by atomic mass is 19.1. The molecule has 1 unspecified atom stereocenters. The monoisotopic (exact) mass is 548 g/mol. The Labute approximate surface area is 229 Å². The van der Waals surface area contributed by atoms with Crippen molar-refractivity contribution in [3.63, 3.8) is 0 Å². The number of carboxylic acid groups (broad SMARTS) is 1.